The molecule has 0 saturated heterocycles. The zero-order valence-corrected chi connectivity index (χ0v) is 34.6. The Hall–Kier alpha value is -7.02. The number of nitrogens with one attached hydrogen (secondary N) is 1. The number of ether oxygens (including phenoxy) is 2. The molecule has 13 nitrogen and oxygen atoms in total. The van der Waals surface area contributed by atoms with Crippen LogP contribution in [-0.4, -0.2) is 74.2 Å². The summed E-state index contributed by atoms with van der Waals surface area (Å²) in [4.78, 5) is 59.6. The van der Waals surface area contributed by atoms with Gasteiger partial charge in [0, 0.05) is 61.0 Å². The minimum absolute atomic E-state index is 0.321. The number of nitrogens with zero attached hydrogens (tertiary/aromatic N) is 4. The molecule has 0 aliphatic carbocycles. The number of carbonyl (C=O) groups excluding carboxylic acids is 3. The Morgan fingerprint density at radius 1 is 0.610 bits per heavy atom. The quantitative estimate of drug-likeness (QED) is 0.132. The van der Waals surface area contributed by atoms with Crippen molar-refractivity contribution in [2.75, 3.05) is 25.1 Å². The number of anilines is 2. The number of hydrogen-bond donors (Lipinski definition) is 3. The van der Waals surface area contributed by atoms with Gasteiger partial charge in [0.2, 0.25) is 0 Å². The van der Waals surface area contributed by atoms with Gasteiger partial charge in [-0.15, -0.1) is 0 Å². The first kappa shape index (κ1) is 44.7. The van der Waals surface area contributed by atoms with E-state index in [1.165, 1.54) is 11.9 Å². The van der Waals surface area contributed by atoms with Crippen LogP contribution in [0, 0.1) is 0 Å². The van der Waals surface area contributed by atoms with E-state index in [1.54, 1.807) is 97.5 Å². The highest BCUT2D eigenvalue weighted by Gasteiger charge is 2.33. The molecule has 3 amide bonds. The first-order chi connectivity index (χ1) is 27.8. The van der Waals surface area contributed by atoms with Gasteiger partial charge in [0.1, 0.15) is 17.2 Å². The van der Waals surface area contributed by atoms with E-state index in [-0.39, 0.29) is 5.91 Å². The number of hydrogen-bond acceptors (Lipinski definition) is 9. The van der Waals surface area contributed by atoms with Crippen LogP contribution < -0.4 is 11.1 Å². The average molecular weight is 801 g/mol. The van der Waals surface area contributed by atoms with Crippen molar-refractivity contribution in [1.82, 2.24) is 19.8 Å². The fraction of sp³-hybridized carbons (Fsp3) is 0.261. The minimum Gasteiger partial charge on any atom is -0.479 e. The van der Waals surface area contributed by atoms with Crippen LogP contribution in [0.2, 0.25) is 0 Å². The monoisotopic (exact) mass is 800 g/mol. The molecule has 2 atom stereocenters. The van der Waals surface area contributed by atoms with Gasteiger partial charge in [0.05, 0.1) is 0 Å². The zero-order chi connectivity index (χ0) is 43.3. The molecule has 59 heavy (non-hydrogen) atoms. The highest BCUT2D eigenvalue weighted by molar-refractivity contribution is 5.99. The van der Waals surface area contributed by atoms with Crippen molar-refractivity contribution in [3.05, 3.63) is 145 Å². The Labute approximate surface area is 344 Å². The van der Waals surface area contributed by atoms with E-state index in [0.717, 1.165) is 32.1 Å². The maximum atomic E-state index is 13.2. The van der Waals surface area contributed by atoms with Gasteiger partial charge in [-0.05, 0) is 99.8 Å². The van der Waals surface area contributed by atoms with Gasteiger partial charge in [-0.3, -0.25) is 24.6 Å². The fourth-order valence-corrected chi connectivity index (χ4v) is 5.71. The van der Waals surface area contributed by atoms with Crippen molar-refractivity contribution >= 4 is 57.0 Å². The number of amides is 3. The number of nitrogens with two attached hydrogens (primary N) is 1. The summed E-state index contributed by atoms with van der Waals surface area (Å²) in [5.41, 5.74) is 6.95. The summed E-state index contributed by atoms with van der Waals surface area (Å²) < 4.78 is 10.6. The Kier molecular flexibility index (Phi) is 15.1. The van der Waals surface area contributed by atoms with Crippen LogP contribution in [-0.2, 0) is 19.1 Å². The average Bonchev–Trinajstić information content (AvgIpc) is 3.18. The molecule has 2 aromatic heterocycles. The Balaban J connectivity index is 0.000000218. The third-order valence-electron chi connectivity index (χ3n) is 8.42. The van der Waals surface area contributed by atoms with Crippen LogP contribution in [0.5, 0.6) is 0 Å². The van der Waals surface area contributed by atoms with E-state index in [9.17, 15) is 24.3 Å². The van der Waals surface area contributed by atoms with Crippen molar-refractivity contribution in [3.63, 3.8) is 0 Å². The van der Waals surface area contributed by atoms with E-state index in [2.05, 4.69) is 15.3 Å². The van der Waals surface area contributed by atoms with Crippen LogP contribution in [0.4, 0.5) is 21.0 Å². The Bertz CT molecular complexity index is 2340. The first-order valence-corrected chi connectivity index (χ1v) is 18.8. The number of fused-ring (bicyclic) bond motifs is 2. The summed E-state index contributed by atoms with van der Waals surface area (Å²) in [7, 11) is 2.98. The van der Waals surface area contributed by atoms with Crippen molar-refractivity contribution in [1.29, 1.82) is 0 Å². The van der Waals surface area contributed by atoms with Gasteiger partial charge in [-0.1, -0.05) is 72.8 Å². The largest absolute Gasteiger partial charge is 0.479 e. The van der Waals surface area contributed by atoms with E-state index in [0.29, 0.717) is 16.8 Å². The van der Waals surface area contributed by atoms with Gasteiger partial charge in [0.25, 0.3) is 5.91 Å². The molecule has 2 heterocycles. The van der Waals surface area contributed by atoms with Crippen LogP contribution in [0.1, 0.15) is 64.8 Å². The predicted octanol–water partition coefficient (Wildman–Crippen LogP) is 9.28. The topological polar surface area (TPSA) is 177 Å². The predicted molar refractivity (Wildman–Crippen MR) is 231 cm³/mol. The number of carboxylic acid groups (broad SMARTS) is 1. The highest BCUT2D eigenvalue weighted by atomic mass is 16.6. The van der Waals surface area contributed by atoms with Crippen molar-refractivity contribution in [2.45, 2.75) is 64.8 Å². The van der Waals surface area contributed by atoms with Gasteiger partial charge in [-0.2, -0.15) is 0 Å². The molecule has 308 valence electrons. The first-order valence-electron chi connectivity index (χ1n) is 18.8. The molecule has 0 fully saturated rings. The molecule has 0 unspecified atom stereocenters. The summed E-state index contributed by atoms with van der Waals surface area (Å²) >= 11 is 0. The molecule has 4 N–H and O–H groups in total. The number of aromatic nitrogens is 2. The molecule has 0 aliphatic rings. The second-order valence-electron chi connectivity index (χ2n) is 15.6. The van der Waals surface area contributed by atoms with E-state index in [1.807, 2.05) is 85.1 Å². The number of likely N-dealkylation sites (N-methyl/N-ethyl adjacent to an activating group) is 2. The van der Waals surface area contributed by atoms with Gasteiger partial charge >= 0.3 is 18.2 Å². The molecular formula is C46H52N6O7. The van der Waals surface area contributed by atoms with Gasteiger partial charge in [-0.25, -0.2) is 14.4 Å². The van der Waals surface area contributed by atoms with Crippen LogP contribution in [0.15, 0.2) is 134 Å². The SMILES string of the molecule is CN(C(=O)OC(C)(C)C)[C@@H](C(=O)Nc1ccc2cnccc2c1)c1ccccc1.CN(C(=O)OC(C)(C)C)[C@@H](C(=O)O)c1ccccc1.Nc1ccc2cnccc2c1. The molecular weight excluding hydrogens is 749 g/mol. The van der Waals surface area contributed by atoms with E-state index in [4.69, 9.17) is 15.2 Å². The number of benzene rings is 4. The lowest BCUT2D eigenvalue weighted by atomic mass is 10.0. The van der Waals surface area contributed by atoms with Crippen LogP contribution in [0.3, 0.4) is 0 Å². The molecule has 6 aromatic rings. The molecule has 0 aliphatic heterocycles. The standard InChI is InChI=1S/C23H25N3O3.C14H19NO4.C9H8N2/c1-23(2,3)29-22(28)26(4)20(16-8-6-5-7-9-16)21(27)25-19-11-10-18-15-24-13-12-17(18)14-19;1-14(2,3)19-13(18)15(4)11(12(16)17)10-8-6-5-7-9-10;10-9-2-1-8-6-11-4-3-7(8)5-9/h5-15,20H,1-4H3,(H,25,27);5-9,11H,1-4H3,(H,16,17);1-6H,10H2/t20-;11-;/m11./s1. The lowest BCUT2D eigenvalue weighted by molar-refractivity contribution is -0.143. The number of rotatable bonds is 7. The number of carboxylic acids is 1. The van der Waals surface area contributed by atoms with E-state index >= 15 is 0 Å². The van der Waals surface area contributed by atoms with Gasteiger partial charge < -0.3 is 25.6 Å². The van der Waals surface area contributed by atoms with Gasteiger partial charge in [0.15, 0.2) is 6.04 Å². The lowest BCUT2D eigenvalue weighted by Crippen LogP contribution is -2.41. The third-order valence-corrected chi connectivity index (χ3v) is 8.42. The van der Waals surface area contributed by atoms with E-state index < -0.39 is 41.4 Å². The molecule has 0 radical (unpaired) electrons. The maximum Gasteiger partial charge on any atom is 0.411 e. The molecule has 0 spiro atoms. The van der Waals surface area contributed by atoms with Crippen molar-refractivity contribution < 1.29 is 33.8 Å². The summed E-state index contributed by atoms with van der Waals surface area (Å²) in [6, 6.07) is 31.1. The minimum atomic E-state index is -1.10. The summed E-state index contributed by atoms with van der Waals surface area (Å²) in [5, 5.41) is 16.4. The molecule has 6 rings (SSSR count). The summed E-state index contributed by atoms with van der Waals surface area (Å²) in [5.74, 6) is -1.42. The van der Waals surface area contributed by atoms with Crippen molar-refractivity contribution in [3.8, 4) is 0 Å². The second kappa shape index (κ2) is 19.9. The normalized spacial score (nSPS) is 12.0. The Morgan fingerprint density at radius 2 is 1.05 bits per heavy atom. The number of aliphatic carboxylic acids is 1. The Morgan fingerprint density at radius 3 is 1.53 bits per heavy atom. The molecule has 4 aromatic carbocycles. The maximum absolute atomic E-state index is 13.2. The number of pyridine rings is 2. The summed E-state index contributed by atoms with van der Waals surface area (Å²) in [6.45, 7) is 10.6. The fourth-order valence-electron chi connectivity index (χ4n) is 5.71. The number of nitrogen functional groups attached to an aromatic ring is 1. The van der Waals surface area contributed by atoms with Crippen molar-refractivity contribution in [2.24, 2.45) is 0 Å². The highest BCUT2D eigenvalue weighted by Crippen LogP contribution is 2.26. The lowest BCUT2D eigenvalue weighted by Gasteiger charge is -2.30. The second-order valence-corrected chi connectivity index (χ2v) is 15.6. The summed E-state index contributed by atoms with van der Waals surface area (Å²) in [6.07, 6.45) is 5.84. The van der Waals surface area contributed by atoms with Crippen LogP contribution >= 0.6 is 0 Å². The smallest absolute Gasteiger partial charge is 0.411 e. The van der Waals surface area contributed by atoms with Crippen LogP contribution in [0.25, 0.3) is 21.5 Å². The zero-order valence-electron chi connectivity index (χ0n) is 34.6. The molecule has 0 saturated carbocycles. The number of carbonyl (C=O) groups is 4. The molecule has 13 heteroatoms. The molecule has 0 bridgehead atoms. The third kappa shape index (κ3) is 13.6.